The first-order valence-corrected chi connectivity index (χ1v) is 6.96. The number of non-ortho nitro benzene ring substituents is 1. The van der Waals surface area contributed by atoms with Crippen LogP contribution in [0.2, 0.25) is 0 Å². The Morgan fingerprint density at radius 3 is 2.70 bits per heavy atom. The molecule has 1 amide bonds. The summed E-state index contributed by atoms with van der Waals surface area (Å²) in [4.78, 5) is 32.9. The SMILES string of the molecule is CCOC(=O)/C=C/C(=O)NC(=S)Nc1cc([N+](=O)[O-])ccc1C. The standard InChI is InChI=1S/C14H15N3O5S/c1-3-22-13(19)7-6-12(18)16-14(23)15-11-8-10(17(20)21)5-4-9(11)2/h4-8H,3H2,1-2H3,(H2,15,16,18,23)/b7-6+. The van der Waals surface area contributed by atoms with Crippen molar-refractivity contribution in [3.05, 3.63) is 46.0 Å². The number of rotatable bonds is 5. The first-order chi connectivity index (χ1) is 10.8. The fraction of sp³-hybridized carbons (Fsp3) is 0.214. The van der Waals surface area contributed by atoms with Crippen LogP contribution >= 0.6 is 12.2 Å². The number of amides is 1. The van der Waals surface area contributed by atoms with E-state index in [0.29, 0.717) is 11.3 Å². The Hall–Kier alpha value is -2.81. The van der Waals surface area contributed by atoms with Gasteiger partial charge in [-0.2, -0.15) is 0 Å². The molecule has 1 aromatic carbocycles. The lowest BCUT2D eigenvalue weighted by molar-refractivity contribution is -0.384. The second kappa shape index (κ2) is 8.59. The highest BCUT2D eigenvalue weighted by Gasteiger charge is 2.10. The monoisotopic (exact) mass is 337 g/mol. The molecule has 0 spiro atoms. The lowest BCUT2D eigenvalue weighted by atomic mass is 10.2. The van der Waals surface area contributed by atoms with Gasteiger partial charge in [-0.1, -0.05) is 6.07 Å². The number of thiocarbonyl (C=S) groups is 1. The van der Waals surface area contributed by atoms with Gasteiger partial charge in [-0.3, -0.25) is 20.2 Å². The molecule has 0 fully saturated rings. The molecule has 9 heteroatoms. The number of ether oxygens (including phenoxy) is 1. The fourth-order valence-electron chi connectivity index (χ4n) is 1.50. The van der Waals surface area contributed by atoms with Crippen molar-refractivity contribution >= 4 is 40.6 Å². The minimum atomic E-state index is -0.643. The van der Waals surface area contributed by atoms with E-state index in [-0.39, 0.29) is 17.4 Å². The average molecular weight is 337 g/mol. The Labute approximate surface area is 137 Å². The first kappa shape index (κ1) is 18.2. The molecule has 1 aromatic rings. The predicted octanol–water partition coefficient (Wildman–Crippen LogP) is 1.84. The highest BCUT2D eigenvalue weighted by atomic mass is 32.1. The molecule has 1 rings (SSSR count). The van der Waals surface area contributed by atoms with Gasteiger partial charge < -0.3 is 10.1 Å². The molecule has 0 radical (unpaired) electrons. The van der Waals surface area contributed by atoms with Gasteiger partial charge in [0.25, 0.3) is 5.69 Å². The summed E-state index contributed by atoms with van der Waals surface area (Å²) in [5.41, 5.74) is 1.02. The van der Waals surface area contributed by atoms with Crippen LogP contribution in [0, 0.1) is 17.0 Å². The van der Waals surface area contributed by atoms with E-state index >= 15 is 0 Å². The van der Waals surface area contributed by atoms with E-state index in [4.69, 9.17) is 12.2 Å². The largest absolute Gasteiger partial charge is 0.463 e. The molecule has 0 unspecified atom stereocenters. The third kappa shape index (κ3) is 6.22. The maximum absolute atomic E-state index is 11.6. The summed E-state index contributed by atoms with van der Waals surface area (Å²) >= 11 is 4.95. The zero-order chi connectivity index (χ0) is 17.4. The van der Waals surface area contributed by atoms with Crippen molar-refractivity contribution in [2.24, 2.45) is 0 Å². The molecular weight excluding hydrogens is 322 g/mol. The van der Waals surface area contributed by atoms with Gasteiger partial charge in [-0.25, -0.2) is 4.79 Å². The third-order valence-corrected chi connectivity index (χ3v) is 2.78. The number of esters is 1. The third-order valence-electron chi connectivity index (χ3n) is 2.57. The first-order valence-electron chi connectivity index (χ1n) is 6.55. The highest BCUT2D eigenvalue weighted by molar-refractivity contribution is 7.80. The number of carbonyl (C=O) groups is 2. The quantitative estimate of drug-likeness (QED) is 0.277. The lowest BCUT2D eigenvalue weighted by Gasteiger charge is -2.10. The van der Waals surface area contributed by atoms with Gasteiger partial charge in [-0.15, -0.1) is 0 Å². The fourth-order valence-corrected chi connectivity index (χ4v) is 1.71. The maximum Gasteiger partial charge on any atom is 0.330 e. The summed E-state index contributed by atoms with van der Waals surface area (Å²) < 4.78 is 4.63. The molecular formula is C14H15N3O5S. The summed E-state index contributed by atoms with van der Waals surface area (Å²) in [6.07, 6.45) is 1.95. The Morgan fingerprint density at radius 1 is 1.39 bits per heavy atom. The minimum Gasteiger partial charge on any atom is -0.463 e. The van der Waals surface area contributed by atoms with E-state index in [1.54, 1.807) is 19.9 Å². The molecule has 2 N–H and O–H groups in total. The molecule has 0 aliphatic heterocycles. The van der Waals surface area contributed by atoms with Crippen molar-refractivity contribution in [2.75, 3.05) is 11.9 Å². The smallest absolute Gasteiger partial charge is 0.330 e. The molecule has 0 aromatic heterocycles. The number of anilines is 1. The zero-order valence-corrected chi connectivity index (χ0v) is 13.3. The molecule has 0 bridgehead atoms. The lowest BCUT2D eigenvalue weighted by Crippen LogP contribution is -2.33. The van der Waals surface area contributed by atoms with Crippen LogP contribution in [0.1, 0.15) is 12.5 Å². The van der Waals surface area contributed by atoms with Gasteiger partial charge in [0.1, 0.15) is 0 Å². The number of hydrogen-bond donors (Lipinski definition) is 2. The van der Waals surface area contributed by atoms with Crippen LogP contribution in [-0.4, -0.2) is 28.5 Å². The Morgan fingerprint density at radius 2 is 2.09 bits per heavy atom. The van der Waals surface area contributed by atoms with Crippen molar-refractivity contribution in [2.45, 2.75) is 13.8 Å². The Bertz CT molecular complexity index is 672. The van der Waals surface area contributed by atoms with Crippen LogP contribution in [0.15, 0.2) is 30.4 Å². The topological polar surface area (TPSA) is 111 Å². The molecule has 0 saturated carbocycles. The number of nitro groups is 1. The van der Waals surface area contributed by atoms with Gasteiger partial charge >= 0.3 is 5.97 Å². The van der Waals surface area contributed by atoms with Crippen molar-refractivity contribution in [3.8, 4) is 0 Å². The van der Waals surface area contributed by atoms with Crippen LogP contribution < -0.4 is 10.6 Å². The molecule has 0 aliphatic carbocycles. The molecule has 0 atom stereocenters. The van der Waals surface area contributed by atoms with Gasteiger partial charge in [-0.05, 0) is 31.6 Å². The summed E-state index contributed by atoms with van der Waals surface area (Å²) in [5.74, 6) is -1.27. The second-order valence-electron chi connectivity index (χ2n) is 4.29. The molecule has 0 heterocycles. The number of carbonyl (C=O) groups excluding carboxylic acids is 2. The predicted molar refractivity (Wildman–Crippen MR) is 88.0 cm³/mol. The summed E-state index contributed by atoms with van der Waals surface area (Å²) in [5, 5.41) is 15.7. The number of nitro benzene ring substituents is 1. The van der Waals surface area contributed by atoms with Crippen LogP contribution in [0.5, 0.6) is 0 Å². The Kier molecular flexibility index (Phi) is 6.81. The second-order valence-corrected chi connectivity index (χ2v) is 4.69. The van der Waals surface area contributed by atoms with Crippen molar-refractivity contribution in [1.82, 2.24) is 5.32 Å². The molecule has 0 aliphatic rings. The van der Waals surface area contributed by atoms with E-state index in [1.807, 2.05) is 0 Å². The van der Waals surface area contributed by atoms with E-state index in [9.17, 15) is 19.7 Å². The van der Waals surface area contributed by atoms with E-state index in [2.05, 4.69) is 15.4 Å². The summed E-state index contributed by atoms with van der Waals surface area (Å²) in [6.45, 7) is 3.58. The van der Waals surface area contributed by atoms with Crippen LogP contribution in [0.4, 0.5) is 11.4 Å². The van der Waals surface area contributed by atoms with Gasteiger partial charge in [0.05, 0.1) is 11.5 Å². The molecule has 122 valence electrons. The van der Waals surface area contributed by atoms with Crippen molar-refractivity contribution in [1.29, 1.82) is 0 Å². The number of benzene rings is 1. The number of nitrogens with zero attached hydrogens (tertiary/aromatic N) is 1. The number of hydrogen-bond acceptors (Lipinski definition) is 6. The normalized spacial score (nSPS) is 10.2. The van der Waals surface area contributed by atoms with Crippen molar-refractivity contribution < 1.29 is 19.2 Å². The Balaban J connectivity index is 2.66. The van der Waals surface area contributed by atoms with Crippen LogP contribution in [0.25, 0.3) is 0 Å². The molecule has 8 nitrogen and oxygen atoms in total. The van der Waals surface area contributed by atoms with Crippen LogP contribution in [0.3, 0.4) is 0 Å². The summed E-state index contributed by atoms with van der Waals surface area (Å²) in [7, 11) is 0. The average Bonchev–Trinajstić information content (AvgIpc) is 2.47. The molecule has 0 saturated heterocycles. The van der Waals surface area contributed by atoms with E-state index in [0.717, 1.165) is 12.2 Å². The van der Waals surface area contributed by atoms with E-state index in [1.165, 1.54) is 12.1 Å². The number of aryl methyl sites for hydroxylation is 1. The molecule has 23 heavy (non-hydrogen) atoms. The van der Waals surface area contributed by atoms with Gasteiger partial charge in [0.2, 0.25) is 5.91 Å². The highest BCUT2D eigenvalue weighted by Crippen LogP contribution is 2.21. The minimum absolute atomic E-state index is 0.0490. The van der Waals surface area contributed by atoms with Gasteiger partial charge in [0, 0.05) is 30.0 Å². The maximum atomic E-state index is 11.6. The number of nitrogens with one attached hydrogen (secondary N) is 2. The summed E-state index contributed by atoms with van der Waals surface area (Å²) in [6, 6.07) is 4.23. The van der Waals surface area contributed by atoms with Crippen molar-refractivity contribution in [3.63, 3.8) is 0 Å². The zero-order valence-electron chi connectivity index (χ0n) is 12.5. The van der Waals surface area contributed by atoms with Crippen LogP contribution in [-0.2, 0) is 14.3 Å². The van der Waals surface area contributed by atoms with E-state index < -0.39 is 16.8 Å². The van der Waals surface area contributed by atoms with Gasteiger partial charge in [0.15, 0.2) is 5.11 Å².